The van der Waals surface area contributed by atoms with Gasteiger partial charge in [-0.25, -0.2) is 4.79 Å². The summed E-state index contributed by atoms with van der Waals surface area (Å²) in [5.41, 5.74) is 6.41. The van der Waals surface area contributed by atoms with Gasteiger partial charge < -0.3 is 29.9 Å². The number of cyclic esters (lactones) is 1. The summed E-state index contributed by atoms with van der Waals surface area (Å²) in [5.74, 6) is -2.65. The SMILES string of the molecule is C=C/C=C\[C@H](C)[C@H](OC(=O)Nc1ccc2c(c1)-c1ccccc1C2)[C@@H](C)[C@H](O)[C@@H](C)C/C(C)=C\[C@H](C)[C@@H](O)C(C)/C=C\[C@@H](O)CC1OC(=O)[C@H](C)[C@@H](O)[C@H]1C. The highest BCUT2D eigenvalue weighted by Gasteiger charge is 2.41. The first-order valence-electron chi connectivity index (χ1n) is 19.8. The van der Waals surface area contributed by atoms with Crippen molar-refractivity contribution in [2.24, 2.45) is 41.4 Å². The third-order valence-corrected chi connectivity index (χ3v) is 11.7. The summed E-state index contributed by atoms with van der Waals surface area (Å²) in [5, 5.41) is 46.6. The number of amides is 1. The van der Waals surface area contributed by atoms with Crippen molar-refractivity contribution in [3.8, 4) is 11.1 Å². The van der Waals surface area contributed by atoms with Gasteiger partial charge in [-0.05, 0) is 67.0 Å². The molecule has 0 saturated carbocycles. The van der Waals surface area contributed by atoms with Gasteiger partial charge in [-0.1, -0.05) is 120 Å². The average Bonchev–Trinajstić information content (AvgIpc) is 3.53. The highest BCUT2D eigenvalue weighted by molar-refractivity contribution is 5.88. The summed E-state index contributed by atoms with van der Waals surface area (Å²) in [7, 11) is 0. The van der Waals surface area contributed by atoms with Gasteiger partial charge in [-0.2, -0.15) is 0 Å². The van der Waals surface area contributed by atoms with E-state index in [4.69, 9.17) is 9.47 Å². The molecule has 5 N–H and O–H groups in total. The zero-order chi connectivity index (χ0) is 40.6. The molecule has 1 fully saturated rings. The summed E-state index contributed by atoms with van der Waals surface area (Å²) in [6.07, 6.45) is 7.32. The van der Waals surface area contributed by atoms with Crippen LogP contribution in [0, 0.1) is 41.4 Å². The Labute approximate surface area is 327 Å². The predicted molar refractivity (Wildman–Crippen MR) is 218 cm³/mol. The molecule has 55 heavy (non-hydrogen) atoms. The van der Waals surface area contributed by atoms with Crippen LogP contribution in [0.2, 0.25) is 0 Å². The van der Waals surface area contributed by atoms with Crippen LogP contribution in [0.25, 0.3) is 11.1 Å². The van der Waals surface area contributed by atoms with Crippen molar-refractivity contribution < 1.29 is 39.5 Å². The van der Waals surface area contributed by atoms with Crippen LogP contribution in [0.5, 0.6) is 0 Å². The Bertz CT molecular complexity index is 1710. The van der Waals surface area contributed by atoms with Gasteiger partial charge >= 0.3 is 12.1 Å². The van der Waals surface area contributed by atoms with Crippen molar-refractivity contribution in [3.05, 3.63) is 102 Å². The van der Waals surface area contributed by atoms with E-state index in [1.165, 1.54) is 16.7 Å². The lowest BCUT2D eigenvalue weighted by atomic mass is 9.81. The minimum atomic E-state index is -0.904. The largest absolute Gasteiger partial charge is 0.462 e. The maximum atomic E-state index is 13.3. The number of nitrogens with one attached hydrogen (secondary N) is 1. The number of carbonyl (C=O) groups excluding carboxylic acids is 2. The predicted octanol–water partition coefficient (Wildman–Crippen LogP) is 8.02. The van der Waals surface area contributed by atoms with Crippen LogP contribution >= 0.6 is 0 Å². The van der Waals surface area contributed by atoms with Crippen LogP contribution in [0.4, 0.5) is 10.5 Å². The van der Waals surface area contributed by atoms with Gasteiger partial charge in [0, 0.05) is 41.7 Å². The molecule has 300 valence electrons. The van der Waals surface area contributed by atoms with Gasteiger partial charge in [0.15, 0.2) is 0 Å². The Morgan fingerprint density at radius 3 is 2.35 bits per heavy atom. The summed E-state index contributed by atoms with van der Waals surface area (Å²) in [6, 6.07) is 14.2. The quantitative estimate of drug-likeness (QED) is 0.0529. The molecule has 0 spiro atoms. The molecule has 9 heteroatoms. The van der Waals surface area contributed by atoms with Crippen LogP contribution < -0.4 is 5.32 Å². The Hall–Kier alpha value is -4.02. The second-order valence-corrected chi connectivity index (χ2v) is 16.2. The lowest BCUT2D eigenvalue weighted by Crippen LogP contribution is -2.47. The topological polar surface area (TPSA) is 146 Å². The molecule has 0 bridgehead atoms. The molecule has 2 aromatic rings. The Morgan fingerprint density at radius 2 is 1.64 bits per heavy atom. The van der Waals surface area contributed by atoms with Gasteiger partial charge in [0.05, 0.1) is 30.3 Å². The van der Waals surface area contributed by atoms with E-state index in [-0.39, 0.29) is 36.0 Å². The lowest BCUT2D eigenvalue weighted by Gasteiger charge is -2.36. The molecule has 0 aromatic heterocycles. The second-order valence-electron chi connectivity index (χ2n) is 16.2. The Kier molecular flexibility index (Phi) is 15.7. The van der Waals surface area contributed by atoms with E-state index in [1.54, 1.807) is 32.1 Å². The van der Waals surface area contributed by atoms with Crippen LogP contribution in [0.15, 0.2) is 91.1 Å². The summed E-state index contributed by atoms with van der Waals surface area (Å²) < 4.78 is 11.5. The number of hydrogen-bond donors (Lipinski definition) is 5. The van der Waals surface area contributed by atoms with Crippen molar-refractivity contribution in [2.75, 3.05) is 5.32 Å². The van der Waals surface area contributed by atoms with E-state index in [0.717, 1.165) is 17.6 Å². The fraction of sp³-hybridized carbons (Fsp3) is 0.522. The third-order valence-electron chi connectivity index (χ3n) is 11.7. The van der Waals surface area contributed by atoms with Gasteiger partial charge in [0.1, 0.15) is 12.2 Å². The van der Waals surface area contributed by atoms with Crippen LogP contribution in [-0.2, 0) is 20.7 Å². The lowest BCUT2D eigenvalue weighted by molar-refractivity contribution is -0.179. The number of aliphatic hydroxyl groups is 4. The number of benzene rings is 2. The van der Waals surface area contributed by atoms with Gasteiger partial charge in [0.2, 0.25) is 0 Å². The van der Waals surface area contributed by atoms with Gasteiger partial charge in [-0.3, -0.25) is 10.1 Å². The van der Waals surface area contributed by atoms with E-state index < -0.39 is 60.5 Å². The van der Waals surface area contributed by atoms with Crippen LogP contribution in [-0.4, -0.2) is 69.1 Å². The number of ether oxygens (including phenoxy) is 2. The van der Waals surface area contributed by atoms with E-state index >= 15 is 0 Å². The molecule has 1 amide bonds. The van der Waals surface area contributed by atoms with Crippen LogP contribution in [0.3, 0.4) is 0 Å². The van der Waals surface area contributed by atoms with Crippen molar-refractivity contribution in [1.29, 1.82) is 0 Å². The Balaban J connectivity index is 1.33. The Morgan fingerprint density at radius 1 is 0.945 bits per heavy atom. The van der Waals surface area contributed by atoms with E-state index in [0.29, 0.717) is 12.1 Å². The van der Waals surface area contributed by atoms with E-state index in [9.17, 15) is 30.0 Å². The third kappa shape index (κ3) is 11.3. The number of hydrogen-bond acceptors (Lipinski definition) is 8. The first-order chi connectivity index (χ1) is 26.0. The molecule has 2 unspecified atom stereocenters. The smallest absolute Gasteiger partial charge is 0.411 e. The first kappa shape index (κ1) is 43.7. The minimum absolute atomic E-state index is 0.160. The molecule has 1 saturated heterocycles. The molecular formula is C46H63NO8. The second kappa shape index (κ2) is 19.7. The molecule has 1 aliphatic carbocycles. The fourth-order valence-corrected chi connectivity index (χ4v) is 8.14. The zero-order valence-electron chi connectivity index (χ0n) is 33.8. The van der Waals surface area contributed by atoms with Gasteiger partial charge in [0.25, 0.3) is 0 Å². The fourth-order valence-electron chi connectivity index (χ4n) is 8.14. The number of esters is 1. The molecule has 0 radical (unpaired) electrons. The highest BCUT2D eigenvalue weighted by atomic mass is 16.6. The molecule has 9 nitrogen and oxygen atoms in total. The van der Waals surface area contributed by atoms with Crippen molar-refractivity contribution in [3.63, 3.8) is 0 Å². The summed E-state index contributed by atoms with van der Waals surface area (Å²) in [6.45, 7) is 18.8. The normalized spacial score (nSPS) is 24.8. The number of anilines is 1. The van der Waals surface area contributed by atoms with Crippen LogP contribution in [0.1, 0.15) is 79.4 Å². The molecule has 13 atom stereocenters. The summed E-state index contributed by atoms with van der Waals surface area (Å²) in [4.78, 5) is 25.4. The maximum absolute atomic E-state index is 13.3. The average molecular weight is 758 g/mol. The minimum Gasteiger partial charge on any atom is -0.462 e. The van der Waals surface area contributed by atoms with E-state index in [2.05, 4.69) is 24.0 Å². The number of carbonyl (C=O) groups is 2. The summed E-state index contributed by atoms with van der Waals surface area (Å²) >= 11 is 0. The molecular weight excluding hydrogens is 695 g/mol. The highest BCUT2D eigenvalue weighted by Crippen LogP contribution is 2.38. The number of fused-ring (bicyclic) bond motifs is 3. The maximum Gasteiger partial charge on any atom is 0.411 e. The molecule has 1 heterocycles. The van der Waals surface area contributed by atoms with Crippen molar-refractivity contribution in [2.45, 2.75) is 111 Å². The van der Waals surface area contributed by atoms with Crippen molar-refractivity contribution >= 4 is 17.7 Å². The molecule has 4 rings (SSSR count). The van der Waals surface area contributed by atoms with Gasteiger partial charge in [-0.15, -0.1) is 0 Å². The number of aliphatic hydroxyl groups excluding tert-OH is 4. The molecule has 2 aromatic carbocycles. The molecule has 2 aliphatic rings. The first-order valence-corrected chi connectivity index (χ1v) is 19.8. The zero-order valence-corrected chi connectivity index (χ0v) is 33.8. The standard InChI is InChI=1S/C46H63NO8/c1-10-11-14-28(4)44(55-46(53)47-36-19-18-35-23-34-15-12-13-16-38(34)39(35)24-36)32(8)42(50)30(6)22-26(2)21-29(5)41(49)27(3)17-20-37(48)25-40-31(7)43(51)33(9)45(52)54-40/h10-21,24,27-33,37,40-44,48-51H,1,22-23,25H2,2-9H3,(H,47,53)/b14-11-,20-17-,26-21-/t27?,28-,29-,30-,31-,32-,33+,37+,40?,41-,42+,43-,44-/m0/s1. The number of allylic oxidation sites excluding steroid dienone is 3. The van der Waals surface area contributed by atoms with E-state index in [1.807, 2.05) is 90.1 Å². The van der Waals surface area contributed by atoms with Crippen molar-refractivity contribution in [1.82, 2.24) is 0 Å². The monoisotopic (exact) mass is 757 g/mol. The molecule has 1 aliphatic heterocycles. The number of rotatable bonds is 17.